The molecule has 0 aliphatic rings. The average Bonchev–Trinajstić information content (AvgIpc) is 2.71. The number of fused-ring (bicyclic) bond motifs is 1. The van der Waals surface area contributed by atoms with Gasteiger partial charge in [0.05, 0.1) is 6.61 Å². The van der Waals surface area contributed by atoms with Gasteiger partial charge in [0.1, 0.15) is 11.0 Å². The molecule has 0 radical (unpaired) electrons. The van der Waals surface area contributed by atoms with Crippen molar-refractivity contribution in [3.05, 3.63) is 24.3 Å². The molecule has 0 N–H and O–H groups in total. The van der Waals surface area contributed by atoms with Crippen LogP contribution in [0.25, 0.3) is 11.0 Å². The van der Waals surface area contributed by atoms with Crippen molar-refractivity contribution in [1.82, 2.24) is 14.4 Å². The Kier molecular flexibility index (Phi) is 5.30. The van der Waals surface area contributed by atoms with Crippen molar-refractivity contribution in [2.75, 3.05) is 6.61 Å². The molecule has 0 saturated heterocycles. The first-order valence-electron chi connectivity index (χ1n) is 5.21. The van der Waals surface area contributed by atoms with Crippen LogP contribution in [0.4, 0.5) is 0 Å². The van der Waals surface area contributed by atoms with Crippen LogP contribution < -0.4 is 0 Å². The second-order valence-electron chi connectivity index (χ2n) is 4.06. The molecule has 1 heterocycles. The first-order chi connectivity index (χ1) is 8.00. The van der Waals surface area contributed by atoms with Crippen molar-refractivity contribution >= 4 is 50.9 Å². The molecule has 0 fully saturated rings. The number of para-hydroxylation sites is 1. The fourth-order valence-corrected chi connectivity index (χ4v) is 2.35. The first-order valence-corrected chi connectivity index (χ1v) is 6.57. The zero-order valence-electron chi connectivity index (χ0n) is 9.57. The maximum absolute atomic E-state index is 11.8. The maximum atomic E-state index is 11.8. The summed E-state index contributed by atoms with van der Waals surface area (Å²) in [7, 11) is -3.90. The first kappa shape index (κ1) is 15.6. The van der Waals surface area contributed by atoms with Crippen LogP contribution in [-0.4, -0.2) is 59.0 Å². The van der Waals surface area contributed by atoms with Gasteiger partial charge >= 0.3 is 39.9 Å². The zero-order valence-corrected chi connectivity index (χ0v) is 10.4. The van der Waals surface area contributed by atoms with E-state index < -0.39 is 10.3 Å². The van der Waals surface area contributed by atoms with Gasteiger partial charge < -0.3 is 0 Å². The summed E-state index contributed by atoms with van der Waals surface area (Å²) in [6, 6.07) is 6.81. The molecule has 94 valence electrons. The van der Waals surface area contributed by atoms with Crippen molar-refractivity contribution in [3.8, 4) is 0 Å². The Balaban J connectivity index is 0.00000162. The molecule has 0 spiro atoms. The summed E-state index contributed by atoms with van der Waals surface area (Å²) in [6.45, 7) is 3.86. The third kappa shape index (κ3) is 3.30. The predicted molar refractivity (Wildman–Crippen MR) is 69.8 cm³/mol. The van der Waals surface area contributed by atoms with Gasteiger partial charge in [0, 0.05) is 0 Å². The van der Waals surface area contributed by atoms with Crippen LogP contribution in [0.5, 0.6) is 0 Å². The molecule has 0 aliphatic carbocycles. The van der Waals surface area contributed by atoms with Gasteiger partial charge in [0.2, 0.25) is 0 Å². The predicted octanol–water partition coefficient (Wildman–Crippen LogP) is 0.548. The van der Waals surface area contributed by atoms with Crippen molar-refractivity contribution in [1.29, 1.82) is 0 Å². The molecular weight excluding hydrogens is 265 g/mol. The second kappa shape index (κ2) is 6.12. The summed E-state index contributed by atoms with van der Waals surface area (Å²) in [5.74, 6) is 0.125. The van der Waals surface area contributed by atoms with E-state index in [9.17, 15) is 8.42 Å². The topological polar surface area (TPSA) is 74.1 Å². The summed E-state index contributed by atoms with van der Waals surface area (Å²) in [5.41, 5.74) is 0.931. The van der Waals surface area contributed by atoms with E-state index in [1.807, 2.05) is 13.8 Å². The summed E-state index contributed by atoms with van der Waals surface area (Å²) < 4.78 is 29.4. The van der Waals surface area contributed by atoms with Gasteiger partial charge in [-0.1, -0.05) is 26.0 Å². The fraction of sp³-hybridized carbons (Fsp3) is 0.400. The van der Waals surface area contributed by atoms with Gasteiger partial charge in [-0.15, -0.1) is 9.19 Å². The average molecular weight is 279 g/mol. The number of hydrogen-bond acceptors (Lipinski definition) is 5. The third-order valence-electron chi connectivity index (χ3n) is 2.08. The van der Waals surface area contributed by atoms with Crippen LogP contribution in [0.1, 0.15) is 13.8 Å². The van der Waals surface area contributed by atoms with E-state index in [0.717, 1.165) is 4.09 Å². The Morgan fingerprint density at radius 2 is 2.00 bits per heavy atom. The Morgan fingerprint density at radius 1 is 1.33 bits per heavy atom. The van der Waals surface area contributed by atoms with Gasteiger partial charge in [0.25, 0.3) is 0 Å². The van der Waals surface area contributed by atoms with Crippen LogP contribution in [-0.2, 0) is 14.5 Å². The van der Waals surface area contributed by atoms with E-state index in [4.69, 9.17) is 4.18 Å². The number of benzene rings is 1. The van der Waals surface area contributed by atoms with Gasteiger partial charge in [-0.05, 0) is 23.3 Å². The van der Waals surface area contributed by atoms with E-state index in [0.29, 0.717) is 11.0 Å². The van der Waals surface area contributed by atoms with Gasteiger partial charge in [-0.25, -0.2) is 0 Å². The fourth-order valence-electron chi connectivity index (χ4n) is 1.28. The Morgan fingerprint density at radius 3 is 2.67 bits per heavy atom. The molecule has 0 amide bonds. The van der Waals surface area contributed by atoms with Crippen LogP contribution >= 0.6 is 0 Å². The molecule has 8 heteroatoms. The quantitative estimate of drug-likeness (QED) is 0.764. The number of rotatable bonds is 4. The SMILES string of the molecule is CC(C)COS(=O)(=O)n1nnc2ccccc21.[NaH]. The molecule has 0 unspecified atom stereocenters. The van der Waals surface area contributed by atoms with Crippen LogP contribution in [0.2, 0.25) is 0 Å². The summed E-state index contributed by atoms with van der Waals surface area (Å²) in [5, 5.41) is 7.36. The third-order valence-corrected chi connectivity index (χ3v) is 3.21. The van der Waals surface area contributed by atoms with E-state index >= 15 is 0 Å². The minimum absolute atomic E-state index is 0. The molecule has 0 aliphatic heterocycles. The van der Waals surface area contributed by atoms with Crippen molar-refractivity contribution < 1.29 is 12.6 Å². The van der Waals surface area contributed by atoms with Gasteiger partial charge in [-0.3, -0.25) is 4.18 Å². The van der Waals surface area contributed by atoms with E-state index in [1.54, 1.807) is 24.3 Å². The molecule has 2 rings (SSSR count). The molecular formula is C10H14N3NaO3S. The van der Waals surface area contributed by atoms with E-state index in [1.165, 1.54) is 0 Å². The summed E-state index contributed by atoms with van der Waals surface area (Å²) in [6.07, 6.45) is 0. The van der Waals surface area contributed by atoms with Crippen molar-refractivity contribution in [3.63, 3.8) is 0 Å². The van der Waals surface area contributed by atoms with Gasteiger partial charge in [-0.2, -0.15) is 8.42 Å². The van der Waals surface area contributed by atoms with Crippen LogP contribution in [0.15, 0.2) is 24.3 Å². The summed E-state index contributed by atoms with van der Waals surface area (Å²) in [4.78, 5) is 0. The standard InChI is InChI=1S/C10H13N3O3S.Na.H/c1-8(2)7-16-17(14,15)13-10-6-4-3-5-9(10)11-12-13;;/h3-6,8H,7H2,1-2H3;;. The van der Waals surface area contributed by atoms with Gasteiger partial charge in [0.15, 0.2) is 0 Å². The Bertz CT molecular complexity index is 624. The van der Waals surface area contributed by atoms with Crippen molar-refractivity contribution in [2.24, 2.45) is 5.92 Å². The van der Waals surface area contributed by atoms with Crippen molar-refractivity contribution in [2.45, 2.75) is 13.8 Å². The van der Waals surface area contributed by atoms with Crippen LogP contribution in [0.3, 0.4) is 0 Å². The van der Waals surface area contributed by atoms with E-state index in [-0.39, 0.29) is 42.1 Å². The Labute approximate surface area is 128 Å². The number of nitrogens with zero attached hydrogens (tertiary/aromatic N) is 3. The van der Waals surface area contributed by atoms with E-state index in [2.05, 4.69) is 10.3 Å². The molecule has 2 aromatic rings. The molecule has 18 heavy (non-hydrogen) atoms. The molecule has 1 aromatic carbocycles. The molecule has 0 saturated carbocycles. The Hall–Kier alpha value is -0.470. The van der Waals surface area contributed by atoms with Crippen LogP contribution in [0, 0.1) is 5.92 Å². The number of hydrogen-bond donors (Lipinski definition) is 0. The monoisotopic (exact) mass is 279 g/mol. The minimum atomic E-state index is -3.90. The second-order valence-corrected chi connectivity index (χ2v) is 5.49. The molecule has 0 atom stereocenters. The molecule has 0 bridgehead atoms. The zero-order chi connectivity index (χ0) is 12.5. The normalized spacial score (nSPS) is 11.7. The number of aromatic nitrogens is 3. The molecule has 6 nitrogen and oxygen atoms in total. The summed E-state index contributed by atoms with van der Waals surface area (Å²) >= 11 is 0. The molecule has 1 aromatic heterocycles.